The Labute approximate surface area is 173 Å². The molecule has 2 amide bonds. The number of benzene rings is 2. The average molecular weight is 413 g/mol. The molecule has 9 heteroatoms. The van der Waals surface area contributed by atoms with Crippen molar-refractivity contribution in [3.05, 3.63) is 70.4 Å². The molecule has 0 aliphatic rings. The molecule has 1 aromatic heterocycles. The number of nitrogens with two attached hydrogens (primary N) is 1. The fourth-order valence-corrected chi connectivity index (χ4v) is 2.87. The van der Waals surface area contributed by atoms with Crippen LogP contribution < -0.4 is 16.4 Å². The van der Waals surface area contributed by atoms with Crippen LogP contribution in [0.25, 0.3) is 0 Å². The van der Waals surface area contributed by atoms with Crippen LogP contribution in [0.15, 0.2) is 48.5 Å². The van der Waals surface area contributed by atoms with Gasteiger partial charge in [-0.15, -0.1) is 5.10 Å². The zero-order chi connectivity index (χ0) is 20.8. The first-order valence-electron chi connectivity index (χ1n) is 9.07. The lowest BCUT2D eigenvalue weighted by molar-refractivity contribution is -0.116. The number of halogens is 1. The van der Waals surface area contributed by atoms with E-state index in [1.54, 1.807) is 24.3 Å². The van der Waals surface area contributed by atoms with Crippen LogP contribution in [0.3, 0.4) is 0 Å². The zero-order valence-electron chi connectivity index (χ0n) is 15.9. The highest BCUT2D eigenvalue weighted by Gasteiger charge is 2.19. The number of aryl methyl sites for hydroxylation is 1. The Bertz CT molecular complexity index is 1020. The summed E-state index contributed by atoms with van der Waals surface area (Å²) in [5, 5.41) is 13.8. The molecule has 0 atom stereocenters. The van der Waals surface area contributed by atoms with E-state index in [9.17, 15) is 9.59 Å². The van der Waals surface area contributed by atoms with Gasteiger partial charge in [0.05, 0.1) is 0 Å². The molecule has 0 aliphatic heterocycles. The number of anilines is 2. The van der Waals surface area contributed by atoms with Gasteiger partial charge in [-0.1, -0.05) is 54.1 Å². The summed E-state index contributed by atoms with van der Waals surface area (Å²) in [6.07, 6.45) is 0.792. The van der Waals surface area contributed by atoms with Crippen LogP contribution in [0.4, 0.5) is 11.5 Å². The second-order valence-corrected chi connectivity index (χ2v) is 6.79. The summed E-state index contributed by atoms with van der Waals surface area (Å²) in [5.74, 6) is -0.756. The van der Waals surface area contributed by atoms with Crippen molar-refractivity contribution in [3.63, 3.8) is 0 Å². The molecule has 29 heavy (non-hydrogen) atoms. The minimum Gasteiger partial charge on any atom is -0.382 e. The van der Waals surface area contributed by atoms with Gasteiger partial charge in [0.25, 0.3) is 5.91 Å². The molecule has 3 aromatic rings. The molecule has 0 spiro atoms. The van der Waals surface area contributed by atoms with Crippen molar-refractivity contribution in [3.8, 4) is 0 Å². The van der Waals surface area contributed by atoms with Gasteiger partial charge in [0.15, 0.2) is 11.5 Å². The third-order valence-corrected chi connectivity index (χ3v) is 4.57. The summed E-state index contributed by atoms with van der Waals surface area (Å²) < 4.78 is 1.20. The molecule has 150 valence electrons. The maximum absolute atomic E-state index is 12.4. The number of rotatable bonds is 7. The van der Waals surface area contributed by atoms with Crippen molar-refractivity contribution in [2.75, 3.05) is 11.1 Å². The molecule has 0 unspecified atom stereocenters. The molecule has 0 radical (unpaired) electrons. The minimum absolute atomic E-state index is 0.0255. The van der Waals surface area contributed by atoms with E-state index in [0.29, 0.717) is 5.02 Å². The second-order valence-electron chi connectivity index (χ2n) is 6.35. The molecule has 3 rings (SSSR count). The number of carbonyl (C=O) groups is 2. The van der Waals surface area contributed by atoms with Crippen molar-refractivity contribution in [1.29, 1.82) is 0 Å². The number of aromatic nitrogens is 3. The largest absolute Gasteiger partial charge is 0.382 e. The molecule has 2 aromatic carbocycles. The Morgan fingerprint density at radius 3 is 2.59 bits per heavy atom. The van der Waals surface area contributed by atoms with E-state index in [-0.39, 0.29) is 30.5 Å². The quantitative estimate of drug-likeness (QED) is 0.551. The lowest BCUT2D eigenvalue weighted by Gasteiger charge is -2.10. The Balaban J connectivity index is 1.61. The van der Waals surface area contributed by atoms with Gasteiger partial charge in [0.2, 0.25) is 5.91 Å². The zero-order valence-corrected chi connectivity index (χ0v) is 16.6. The normalized spacial score (nSPS) is 10.6. The second kappa shape index (κ2) is 9.20. The van der Waals surface area contributed by atoms with Crippen LogP contribution >= 0.6 is 11.6 Å². The van der Waals surface area contributed by atoms with E-state index in [2.05, 4.69) is 20.9 Å². The van der Waals surface area contributed by atoms with Gasteiger partial charge in [-0.25, -0.2) is 4.68 Å². The maximum atomic E-state index is 12.4. The Morgan fingerprint density at radius 2 is 1.86 bits per heavy atom. The van der Waals surface area contributed by atoms with Crippen LogP contribution in [-0.2, 0) is 24.3 Å². The number of nitrogen functional groups attached to an aromatic ring is 1. The van der Waals surface area contributed by atoms with Crippen LogP contribution in [0.2, 0.25) is 5.02 Å². The van der Waals surface area contributed by atoms with E-state index in [4.69, 9.17) is 17.3 Å². The number of carbonyl (C=O) groups excluding carboxylic acids is 2. The third-order valence-electron chi connectivity index (χ3n) is 4.32. The highest BCUT2D eigenvalue weighted by atomic mass is 35.5. The molecule has 0 bridgehead atoms. The van der Waals surface area contributed by atoms with E-state index >= 15 is 0 Å². The first kappa shape index (κ1) is 20.3. The van der Waals surface area contributed by atoms with Gasteiger partial charge < -0.3 is 16.4 Å². The number of amides is 2. The maximum Gasteiger partial charge on any atom is 0.275 e. The van der Waals surface area contributed by atoms with Crippen LogP contribution in [0.5, 0.6) is 0 Å². The summed E-state index contributed by atoms with van der Waals surface area (Å²) in [4.78, 5) is 24.7. The summed E-state index contributed by atoms with van der Waals surface area (Å²) >= 11 is 5.85. The molecule has 0 fully saturated rings. The minimum atomic E-state index is -0.472. The number of hydrogen-bond acceptors (Lipinski definition) is 5. The topological polar surface area (TPSA) is 115 Å². The average Bonchev–Trinajstić information content (AvgIpc) is 3.08. The Hall–Kier alpha value is -3.39. The van der Waals surface area contributed by atoms with E-state index < -0.39 is 5.91 Å². The van der Waals surface area contributed by atoms with E-state index in [1.807, 2.05) is 31.2 Å². The van der Waals surface area contributed by atoms with Crippen molar-refractivity contribution in [1.82, 2.24) is 20.3 Å². The molecular formula is C20H21ClN6O2. The predicted octanol–water partition coefficient (Wildman–Crippen LogP) is 2.64. The van der Waals surface area contributed by atoms with Gasteiger partial charge in [-0.2, -0.15) is 0 Å². The smallest absolute Gasteiger partial charge is 0.275 e. The van der Waals surface area contributed by atoms with Crippen molar-refractivity contribution >= 4 is 34.9 Å². The van der Waals surface area contributed by atoms with Crippen LogP contribution in [0, 0.1) is 0 Å². The van der Waals surface area contributed by atoms with Gasteiger partial charge in [-0.3, -0.25) is 9.59 Å². The van der Waals surface area contributed by atoms with Gasteiger partial charge in [0.1, 0.15) is 6.54 Å². The van der Waals surface area contributed by atoms with Crippen molar-refractivity contribution in [2.24, 2.45) is 0 Å². The highest BCUT2D eigenvalue weighted by molar-refractivity contribution is 6.30. The molecule has 4 N–H and O–H groups in total. The third kappa shape index (κ3) is 5.11. The van der Waals surface area contributed by atoms with Crippen molar-refractivity contribution in [2.45, 2.75) is 26.4 Å². The first-order chi connectivity index (χ1) is 14.0. The van der Waals surface area contributed by atoms with E-state index in [1.165, 1.54) is 4.68 Å². The SMILES string of the molecule is CCc1ccccc1NC(=O)Cn1nnc(C(=O)NCc2ccc(Cl)cc2)c1N. The fourth-order valence-electron chi connectivity index (χ4n) is 2.74. The fraction of sp³-hybridized carbons (Fsp3) is 0.200. The molecule has 0 aliphatic carbocycles. The lowest BCUT2D eigenvalue weighted by Crippen LogP contribution is -2.25. The van der Waals surface area contributed by atoms with Gasteiger partial charge >= 0.3 is 0 Å². The number of para-hydroxylation sites is 1. The summed E-state index contributed by atoms with van der Waals surface area (Å²) in [7, 11) is 0. The molecule has 8 nitrogen and oxygen atoms in total. The summed E-state index contributed by atoms with van der Waals surface area (Å²) in [6, 6.07) is 14.6. The monoisotopic (exact) mass is 412 g/mol. The standard InChI is InChI=1S/C20H21ClN6O2/c1-2-14-5-3-4-6-16(14)24-17(28)12-27-19(22)18(25-26-27)20(29)23-11-13-7-9-15(21)10-8-13/h3-10H,2,11-12,22H2,1H3,(H,23,29)(H,24,28). The van der Waals surface area contributed by atoms with Crippen LogP contribution in [-0.4, -0.2) is 26.8 Å². The molecular weight excluding hydrogens is 392 g/mol. The lowest BCUT2D eigenvalue weighted by atomic mass is 10.1. The van der Waals surface area contributed by atoms with Crippen LogP contribution in [0.1, 0.15) is 28.5 Å². The predicted molar refractivity (Wildman–Crippen MR) is 112 cm³/mol. The molecule has 0 saturated heterocycles. The summed E-state index contributed by atoms with van der Waals surface area (Å²) in [5.41, 5.74) is 8.58. The van der Waals surface area contributed by atoms with E-state index in [0.717, 1.165) is 23.2 Å². The van der Waals surface area contributed by atoms with Gasteiger partial charge in [-0.05, 0) is 35.7 Å². The summed E-state index contributed by atoms with van der Waals surface area (Å²) in [6.45, 7) is 2.15. The Morgan fingerprint density at radius 1 is 1.14 bits per heavy atom. The first-order valence-corrected chi connectivity index (χ1v) is 9.45. The number of hydrogen-bond donors (Lipinski definition) is 3. The number of nitrogens with zero attached hydrogens (tertiary/aromatic N) is 3. The molecule has 0 saturated carbocycles. The Kier molecular flexibility index (Phi) is 6.46. The molecule has 1 heterocycles. The highest BCUT2D eigenvalue weighted by Crippen LogP contribution is 2.16. The van der Waals surface area contributed by atoms with Gasteiger partial charge in [0, 0.05) is 17.3 Å². The van der Waals surface area contributed by atoms with Crippen molar-refractivity contribution < 1.29 is 9.59 Å². The number of nitrogens with one attached hydrogen (secondary N) is 2.